The van der Waals surface area contributed by atoms with E-state index in [9.17, 15) is 0 Å². The molecule has 6 heteroatoms. The Balaban J connectivity index is 4.23. The molecule has 0 amide bonds. The third kappa shape index (κ3) is 2.56. The van der Waals surface area contributed by atoms with Crippen LogP contribution in [0.4, 0.5) is 0 Å². The second-order valence-corrected chi connectivity index (χ2v) is 2.10. The summed E-state index contributed by atoms with van der Waals surface area (Å²) in [6.45, 7) is 0.833. The average Bonchev–Trinajstić information content (AvgIpc) is 1.59. The number of rotatable bonds is 2. The minimum atomic E-state index is -3.31. The highest BCUT2D eigenvalue weighted by Gasteiger charge is 2.43. The molecule has 0 atom stereocenters. The van der Waals surface area contributed by atoms with E-state index in [0.717, 1.165) is 6.92 Å². The molecule has 0 saturated heterocycles. The summed E-state index contributed by atoms with van der Waals surface area (Å²) in [6.07, 6.45) is 0. The van der Waals surface area contributed by atoms with Gasteiger partial charge in [-0.25, -0.2) is 0 Å². The maximum Gasteiger partial charge on any atom is 0.286 e. The zero-order valence-corrected chi connectivity index (χ0v) is 5.26. The number of aliphatic hydroxyl groups is 6. The van der Waals surface area contributed by atoms with Crippen LogP contribution < -0.4 is 0 Å². The Morgan fingerprint density at radius 2 is 1.00 bits per heavy atom. The van der Waals surface area contributed by atoms with Gasteiger partial charge in [0, 0.05) is 0 Å². The fraction of sp³-hybridized carbons (Fsp3) is 1.00. The highest BCUT2D eigenvalue weighted by Crippen LogP contribution is 2.19. The van der Waals surface area contributed by atoms with Crippen molar-refractivity contribution in [2.24, 2.45) is 5.92 Å². The molecule has 0 saturated carbocycles. The van der Waals surface area contributed by atoms with Crippen molar-refractivity contribution < 1.29 is 30.6 Å². The Morgan fingerprint density at radius 3 is 1.00 bits per heavy atom. The van der Waals surface area contributed by atoms with Crippen molar-refractivity contribution in [3.8, 4) is 0 Å². The molecule has 0 aromatic heterocycles. The molecule has 6 nitrogen and oxygen atoms in total. The Kier molecular flexibility index (Phi) is 2.36. The zero-order valence-electron chi connectivity index (χ0n) is 5.26. The first-order valence-electron chi connectivity index (χ1n) is 2.50. The minimum Gasteiger partial charge on any atom is -0.343 e. The molecule has 0 bridgehead atoms. The van der Waals surface area contributed by atoms with Crippen molar-refractivity contribution in [1.82, 2.24) is 0 Å². The van der Waals surface area contributed by atoms with Crippen LogP contribution in [-0.2, 0) is 0 Å². The van der Waals surface area contributed by atoms with Crippen molar-refractivity contribution in [1.29, 1.82) is 0 Å². The lowest BCUT2D eigenvalue weighted by Crippen LogP contribution is -2.50. The van der Waals surface area contributed by atoms with Gasteiger partial charge >= 0.3 is 0 Å². The van der Waals surface area contributed by atoms with Gasteiger partial charge in [-0.1, -0.05) is 0 Å². The van der Waals surface area contributed by atoms with Gasteiger partial charge in [-0.05, 0) is 6.92 Å². The summed E-state index contributed by atoms with van der Waals surface area (Å²) in [7, 11) is 0. The van der Waals surface area contributed by atoms with E-state index in [1.807, 2.05) is 0 Å². The summed E-state index contributed by atoms with van der Waals surface area (Å²) in [5.74, 6) is -8.52. The Labute approximate surface area is 56.6 Å². The van der Waals surface area contributed by atoms with Crippen LogP contribution in [0.3, 0.4) is 0 Å². The van der Waals surface area contributed by atoms with Gasteiger partial charge in [0.2, 0.25) is 0 Å². The SMILES string of the molecule is CC(C(O)(O)O)C(O)(O)O. The lowest BCUT2D eigenvalue weighted by molar-refractivity contribution is -0.435. The molecule has 6 N–H and O–H groups in total. The predicted octanol–water partition coefficient (Wildman–Crippen LogP) is -3.12. The molecule has 0 aromatic carbocycles. The van der Waals surface area contributed by atoms with Crippen LogP contribution in [0.25, 0.3) is 0 Å². The molecule has 0 aromatic rings. The molecule has 0 spiro atoms. The lowest BCUT2D eigenvalue weighted by Gasteiger charge is -2.28. The van der Waals surface area contributed by atoms with E-state index in [1.165, 1.54) is 0 Å². The van der Waals surface area contributed by atoms with Crippen molar-refractivity contribution in [3.63, 3.8) is 0 Å². The maximum absolute atomic E-state index is 8.25. The zero-order chi connectivity index (χ0) is 8.58. The monoisotopic (exact) mass is 154 g/mol. The number of hydrogen-bond donors (Lipinski definition) is 6. The summed E-state index contributed by atoms with van der Waals surface area (Å²) in [4.78, 5) is 0. The van der Waals surface area contributed by atoms with Gasteiger partial charge in [0.15, 0.2) is 0 Å². The Morgan fingerprint density at radius 1 is 0.800 bits per heavy atom. The molecule has 0 aliphatic carbocycles. The predicted molar refractivity (Wildman–Crippen MR) is 27.9 cm³/mol. The molecular weight excluding hydrogens is 144 g/mol. The molecule has 62 valence electrons. The molecule has 0 heterocycles. The second kappa shape index (κ2) is 2.42. The van der Waals surface area contributed by atoms with Gasteiger partial charge in [-0.2, -0.15) is 0 Å². The molecular formula is C4H10O6. The Bertz CT molecular complexity index is 93.9. The first-order valence-corrected chi connectivity index (χ1v) is 2.50. The van der Waals surface area contributed by atoms with Crippen LogP contribution >= 0.6 is 0 Å². The van der Waals surface area contributed by atoms with Gasteiger partial charge in [0.05, 0.1) is 0 Å². The van der Waals surface area contributed by atoms with Crippen LogP contribution in [0, 0.1) is 5.92 Å². The van der Waals surface area contributed by atoms with Crippen molar-refractivity contribution >= 4 is 0 Å². The van der Waals surface area contributed by atoms with Crippen LogP contribution in [0.2, 0.25) is 0 Å². The summed E-state index contributed by atoms with van der Waals surface area (Å²) in [5.41, 5.74) is 0. The van der Waals surface area contributed by atoms with Gasteiger partial charge in [0.25, 0.3) is 11.9 Å². The summed E-state index contributed by atoms with van der Waals surface area (Å²) < 4.78 is 0. The van der Waals surface area contributed by atoms with E-state index in [1.54, 1.807) is 0 Å². The molecule has 0 aliphatic rings. The van der Waals surface area contributed by atoms with Crippen LogP contribution in [-0.4, -0.2) is 42.6 Å². The third-order valence-electron chi connectivity index (χ3n) is 1.16. The topological polar surface area (TPSA) is 121 Å². The quantitative estimate of drug-likeness (QED) is 0.234. The van der Waals surface area contributed by atoms with Gasteiger partial charge < -0.3 is 30.6 Å². The summed E-state index contributed by atoms with van der Waals surface area (Å²) >= 11 is 0. The molecule has 0 unspecified atom stereocenters. The van der Waals surface area contributed by atoms with Gasteiger partial charge in [0.1, 0.15) is 5.92 Å². The van der Waals surface area contributed by atoms with Crippen LogP contribution in [0.5, 0.6) is 0 Å². The van der Waals surface area contributed by atoms with Crippen LogP contribution in [0.1, 0.15) is 6.92 Å². The highest BCUT2D eigenvalue weighted by atomic mass is 16.7. The van der Waals surface area contributed by atoms with E-state index in [4.69, 9.17) is 30.6 Å². The standard InChI is InChI=1S/C4H10O6/c1-2(3(5,6)7)4(8,9)10/h2,5-10H,1H3. The lowest BCUT2D eigenvalue weighted by atomic mass is 10.1. The fourth-order valence-electron chi connectivity index (χ4n) is 0.260. The average molecular weight is 154 g/mol. The largest absolute Gasteiger partial charge is 0.343 e. The smallest absolute Gasteiger partial charge is 0.286 e. The molecule has 10 heavy (non-hydrogen) atoms. The van der Waals surface area contributed by atoms with E-state index in [2.05, 4.69) is 0 Å². The number of hydrogen-bond acceptors (Lipinski definition) is 6. The molecule has 0 fully saturated rings. The van der Waals surface area contributed by atoms with E-state index >= 15 is 0 Å². The normalized spacial score (nSPS) is 14.4. The summed E-state index contributed by atoms with van der Waals surface area (Å²) in [6, 6.07) is 0. The van der Waals surface area contributed by atoms with Gasteiger partial charge in [-0.3, -0.25) is 0 Å². The molecule has 0 aliphatic heterocycles. The molecule has 0 rings (SSSR count). The highest BCUT2D eigenvalue weighted by molar-refractivity contribution is 4.66. The maximum atomic E-state index is 8.25. The fourth-order valence-corrected chi connectivity index (χ4v) is 0.260. The van der Waals surface area contributed by atoms with Crippen molar-refractivity contribution in [2.75, 3.05) is 0 Å². The van der Waals surface area contributed by atoms with E-state index in [-0.39, 0.29) is 0 Å². The minimum absolute atomic E-state index is 0.833. The summed E-state index contributed by atoms with van der Waals surface area (Å²) in [5, 5.41) is 49.5. The van der Waals surface area contributed by atoms with Gasteiger partial charge in [-0.15, -0.1) is 0 Å². The van der Waals surface area contributed by atoms with Crippen molar-refractivity contribution in [2.45, 2.75) is 18.9 Å². The van der Waals surface area contributed by atoms with Crippen LogP contribution in [0.15, 0.2) is 0 Å². The second-order valence-electron chi connectivity index (χ2n) is 2.10. The van der Waals surface area contributed by atoms with Crippen molar-refractivity contribution in [3.05, 3.63) is 0 Å². The first kappa shape index (κ1) is 9.76. The molecule has 0 radical (unpaired) electrons. The Hall–Kier alpha value is -0.240. The van der Waals surface area contributed by atoms with E-state index < -0.39 is 17.9 Å². The third-order valence-corrected chi connectivity index (χ3v) is 1.16. The van der Waals surface area contributed by atoms with E-state index in [0.29, 0.717) is 0 Å². The first-order chi connectivity index (χ1) is 4.15.